The number of hydrogen-bond donors (Lipinski definition) is 3. The number of hydrogen-bond acceptors (Lipinski definition) is 5. The number of carbonyl (C=O) groups is 1. The summed E-state index contributed by atoms with van der Waals surface area (Å²) in [5.41, 5.74) is 0. The molecular weight excluding hydrogens is 418 g/mol. The molecule has 3 N–H and O–H groups in total. The van der Waals surface area contributed by atoms with Crippen LogP contribution in [0.5, 0.6) is 0 Å². The Balaban J connectivity index is 3.52. The number of unbranched alkanes of at least 4 members (excludes halogenated alkanes) is 11. The molecule has 0 saturated heterocycles. The van der Waals surface area contributed by atoms with Gasteiger partial charge < -0.3 is 10.4 Å². The van der Waals surface area contributed by atoms with Crippen molar-refractivity contribution in [2.45, 2.75) is 116 Å². The van der Waals surface area contributed by atoms with Crippen LogP contribution in [0.25, 0.3) is 0 Å². The molecule has 7 nitrogen and oxygen atoms in total. The first-order chi connectivity index (χ1) is 14.9. The largest absolute Gasteiger partial charge is 0.397 e. The zero-order chi connectivity index (χ0) is 23.2. The molecule has 0 aliphatic heterocycles. The average molecular weight is 464 g/mol. The Kier molecular flexibility index (Phi) is 20.3. The Morgan fingerprint density at radius 2 is 1.45 bits per heavy atom. The average Bonchev–Trinajstić information content (AvgIpc) is 2.70. The van der Waals surface area contributed by atoms with Crippen LogP contribution >= 0.6 is 0 Å². The molecule has 0 spiro atoms. The molecule has 0 aliphatic carbocycles. The Bertz CT molecular complexity index is 550. The molecule has 0 aromatic rings. The van der Waals surface area contributed by atoms with Gasteiger partial charge in [0.05, 0.1) is 6.10 Å². The second kappa shape index (κ2) is 20.9. The van der Waals surface area contributed by atoms with Crippen molar-refractivity contribution in [3.8, 4) is 0 Å². The molecule has 1 amide bonds. The lowest BCUT2D eigenvalue weighted by Crippen LogP contribution is -2.29. The number of aliphatic hydroxyl groups is 1. The van der Waals surface area contributed by atoms with E-state index in [0.29, 0.717) is 6.42 Å². The fourth-order valence-corrected chi connectivity index (χ4v) is 3.91. The predicted molar refractivity (Wildman–Crippen MR) is 125 cm³/mol. The number of amides is 1. The smallest absolute Gasteiger partial charge is 0.396 e. The molecule has 1 unspecified atom stereocenters. The third kappa shape index (κ3) is 23.5. The molecule has 0 bridgehead atoms. The Morgan fingerprint density at radius 3 is 2.00 bits per heavy atom. The first kappa shape index (κ1) is 30.0. The van der Waals surface area contributed by atoms with Crippen LogP contribution in [0.2, 0.25) is 0 Å². The number of allylic oxidation sites excluding steroid dienone is 2. The minimum atomic E-state index is -4.56. The maximum atomic E-state index is 11.8. The van der Waals surface area contributed by atoms with Gasteiger partial charge in [-0.3, -0.25) is 9.35 Å². The van der Waals surface area contributed by atoms with E-state index in [-0.39, 0.29) is 31.9 Å². The van der Waals surface area contributed by atoms with E-state index in [9.17, 15) is 13.2 Å². The van der Waals surface area contributed by atoms with Gasteiger partial charge in [-0.2, -0.15) is 8.42 Å². The summed E-state index contributed by atoms with van der Waals surface area (Å²) in [7, 11) is -4.56. The van der Waals surface area contributed by atoms with E-state index in [2.05, 4.69) is 28.6 Å². The van der Waals surface area contributed by atoms with Gasteiger partial charge in [0, 0.05) is 19.6 Å². The molecule has 31 heavy (non-hydrogen) atoms. The normalized spacial score (nSPS) is 13.0. The van der Waals surface area contributed by atoms with Crippen molar-refractivity contribution in [1.29, 1.82) is 0 Å². The third-order valence-electron chi connectivity index (χ3n) is 5.16. The van der Waals surface area contributed by atoms with E-state index >= 15 is 0 Å². The molecule has 0 radical (unpaired) electrons. The first-order valence-corrected chi connectivity index (χ1v) is 13.4. The van der Waals surface area contributed by atoms with E-state index in [0.717, 1.165) is 25.7 Å². The SMILES string of the molecule is CCCCCCCC/C=C\CCCCCCCC(=O)NCCC(CCO)OS(=O)(=O)O. The lowest BCUT2D eigenvalue weighted by Gasteiger charge is -2.14. The highest BCUT2D eigenvalue weighted by molar-refractivity contribution is 7.80. The lowest BCUT2D eigenvalue weighted by molar-refractivity contribution is -0.121. The van der Waals surface area contributed by atoms with Gasteiger partial charge in [0.15, 0.2) is 0 Å². The first-order valence-electron chi connectivity index (χ1n) is 12.1. The fourth-order valence-electron chi connectivity index (χ4n) is 3.37. The minimum absolute atomic E-state index is 0.0733. The van der Waals surface area contributed by atoms with Crippen molar-refractivity contribution >= 4 is 16.3 Å². The van der Waals surface area contributed by atoms with Crippen molar-refractivity contribution < 1.29 is 27.1 Å². The maximum Gasteiger partial charge on any atom is 0.397 e. The molecule has 1 atom stereocenters. The molecule has 0 fully saturated rings. The van der Waals surface area contributed by atoms with E-state index in [1.807, 2.05) is 0 Å². The van der Waals surface area contributed by atoms with Gasteiger partial charge in [0.25, 0.3) is 0 Å². The van der Waals surface area contributed by atoms with Crippen molar-refractivity contribution in [3.63, 3.8) is 0 Å². The van der Waals surface area contributed by atoms with Gasteiger partial charge in [-0.25, -0.2) is 4.18 Å². The lowest BCUT2D eigenvalue weighted by atomic mass is 10.1. The summed E-state index contributed by atoms with van der Waals surface area (Å²) in [5.74, 6) is -0.0766. The Morgan fingerprint density at radius 1 is 0.903 bits per heavy atom. The molecule has 0 heterocycles. The molecule has 0 aliphatic rings. The number of rotatable bonds is 22. The van der Waals surface area contributed by atoms with Gasteiger partial charge in [0.1, 0.15) is 0 Å². The fraction of sp³-hybridized carbons (Fsp3) is 0.870. The summed E-state index contributed by atoms with van der Waals surface area (Å²) < 4.78 is 34.6. The van der Waals surface area contributed by atoms with Gasteiger partial charge >= 0.3 is 10.4 Å². The molecular formula is C23H45NO6S. The Labute approximate surface area is 190 Å². The van der Waals surface area contributed by atoms with Crippen LogP contribution in [-0.4, -0.2) is 43.2 Å². The topological polar surface area (TPSA) is 113 Å². The van der Waals surface area contributed by atoms with E-state index in [4.69, 9.17) is 9.66 Å². The minimum Gasteiger partial charge on any atom is -0.396 e. The van der Waals surface area contributed by atoms with Crippen molar-refractivity contribution in [2.75, 3.05) is 13.2 Å². The highest BCUT2D eigenvalue weighted by Gasteiger charge is 2.16. The highest BCUT2D eigenvalue weighted by Crippen LogP contribution is 2.10. The summed E-state index contributed by atoms with van der Waals surface area (Å²) in [6, 6.07) is 0. The van der Waals surface area contributed by atoms with Crippen LogP contribution in [-0.2, 0) is 19.4 Å². The second-order valence-electron chi connectivity index (χ2n) is 8.13. The van der Waals surface area contributed by atoms with Gasteiger partial charge in [-0.15, -0.1) is 0 Å². The Hall–Kier alpha value is -0.960. The zero-order valence-corrected chi connectivity index (χ0v) is 20.2. The third-order valence-corrected chi connectivity index (χ3v) is 5.68. The molecule has 0 rings (SSSR count). The molecule has 8 heteroatoms. The predicted octanol–water partition coefficient (Wildman–Crippen LogP) is 5.10. The van der Waals surface area contributed by atoms with Crippen LogP contribution in [0.15, 0.2) is 12.2 Å². The van der Waals surface area contributed by atoms with Crippen molar-refractivity contribution in [3.05, 3.63) is 12.2 Å². The number of nitrogens with one attached hydrogen (secondary N) is 1. The van der Waals surface area contributed by atoms with Crippen LogP contribution < -0.4 is 5.32 Å². The van der Waals surface area contributed by atoms with Crippen molar-refractivity contribution in [2.24, 2.45) is 0 Å². The van der Waals surface area contributed by atoms with E-state index in [1.54, 1.807) is 0 Å². The second-order valence-corrected chi connectivity index (χ2v) is 9.18. The zero-order valence-electron chi connectivity index (χ0n) is 19.4. The van der Waals surface area contributed by atoms with Crippen LogP contribution in [0.4, 0.5) is 0 Å². The van der Waals surface area contributed by atoms with Crippen LogP contribution in [0, 0.1) is 0 Å². The molecule has 0 aromatic carbocycles. The van der Waals surface area contributed by atoms with Crippen LogP contribution in [0.3, 0.4) is 0 Å². The van der Waals surface area contributed by atoms with E-state index < -0.39 is 16.5 Å². The molecule has 0 saturated carbocycles. The standard InChI is InChI=1S/C23H45NO6S/c1-2-3-4-5-6-7-8-9-10-11-12-13-14-15-16-17-23(26)24-20-18-22(19-21-25)30-31(27,28)29/h9-10,22,25H,2-8,11-21H2,1H3,(H,24,26)(H,27,28,29)/b10-9-. The van der Waals surface area contributed by atoms with Gasteiger partial charge in [-0.1, -0.05) is 70.4 Å². The van der Waals surface area contributed by atoms with Gasteiger partial charge in [0.2, 0.25) is 5.91 Å². The van der Waals surface area contributed by atoms with Crippen molar-refractivity contribution in [1.82, 2.24) is 5.32 Å². The molecule has 0 aromatic heterocycles. The number of aliphatic hydroxyl groups excluding tert-OH is 1. The maximum absolute atomic E-state index is 11.8. The summed E-state index contributed by atoms with van der Waals surface area (Å²) >= 11 is 0. The monoisotopic (exact) mass is 463 g/mol. The van der Waals surface area contributed by atoms with Gasteiger partial charge in [-0.05, 0) is 44.9 Å². The number of carbonyl (C=O) groups excluding carboxylic acids is 1. The quantitative estimate of drug-likeness (QED) is 0.117. The summed E-state index contributed by atoms with van der Waals surface area (Å²) in [6.07, 6.45) is 20.2. The van der Waals surface area contributed by atoms with Crippen LogP contribution in [0.1, 0.15) is 110 Å². The summed E-state index contributed by atoms with van der Waals surface area (Å²) in [5, 5.41) is 11.6. The summed E-state index contributed by atoms with van der Waals surface area (Å²) in [6.45, 7) is 2.22. The van der Waals surface area contributed by atoms with E-state index in [1.165, 1.54) is 57.8 Å². The summed E-state index contributed by atoms with van der Waals surface area (Å²) in [4.78, 5) is 11.8. The highest BCUT2D eigenvalue weighted by atomic mass is 32.3. The molecule has 184 valence electrons.